The standard InChI is InChI=1S/C45H38N2O4/c1-2-33(31-50-38-23-25-44(48)40(27-38)42(34-15-7-3-8-16-34)29-46-36-19-11-5-12-20-36)32-51-39-24-26-45(49)41(28-39)43(35-17-9-4-10-18-35)30-47-37-21-13-6-14-22-37/h3-28,33,48-49H,2,31-32H2,1H3. The molecule has 0 saturated carbocycles. The van der Waals surface area contributed by atoms with Gasteiger partial charge in [0.25, 0.3) is 0 Å². The number of hydrogen-bond acceptors (Lipinski definition) is 6. The summed E-state index contributed by atoms with van der Waals surface area (Å²) in [6.07, 6.45) is 0.813. The molecule has 0 aliphatic rings. The highest BCUT2D eigenvalue weighted by Crippen LogP contribution is 2.34. The van der Waals surface area contributed by atoms with Crippen molar-refractivity contribution in [1.29, 1.82) is 0 Å². The van der Waals surface area contributed by atoms with Gasteiger partial charge >= 0.3 is 0 Å². The van der Waals surface area contributed by atoms with Gasteiger partial charge in [0.05, 0.1) is 35.7 Å². The monoisotopic (exact) mass is 670 g/mol. The molecule has 0 unspecified atom stereocenters. The molecule has 0 spiro atoms. The van der Waals surface area contributed by atoms with Gasteiger partial charge in [0.1, 0.15) is 23.0 Å². The summed E-state index contributed by atoms with van der Waals surface area (Å²) in [5.41, 5.74) is 5.70. The van der Waals surface area contributed by atoms with Gasteiger partial charge in [-0.3, -0.25) is 0 Å². The van der Waals surface area contributed by atoms with Crippen molar-refractivity contribution in [1.82, 2.24) is 0 Å². The quantitative estimate of drug-likeness (QED) is 0.120. The van der Waals surface area contributed by atoms with E-state index < -0.39 is 0 Å². The molecule has 6 heteroatoms. The molecular formula is C45H38N2O4. The molecule has 6 aromatic rings. The highest BCUT2D eigenvalue weighted by atomic mass is 16.5. The lowest BCUT2D eigenvalue weighted by atomic mass is 9.98. The lowest BCUT2D eigenvalue weighted by Gasteiger charge is -2.18. The molecule has 6 aromatic carbocycles. The van der Waals surface area contributed by atoms with E-state index in [-0.39, 0.29) is 17.4 Å². The zero-order valence-corrected chi connectivity index (χ0v) is 28.3. The molecule has 51 heavy (non-hydrogen) atoms. The maximum absolute atomic E-state index is 10.9. The average molecular weight is 671 g/mol. The van der Waals surface area contributed by atoms with E-state index >= 15 is 0 Å². The van der Waals surface area contributed by atoms with Crippen molar-refractivity contribution >= 4 is 34.3 Å². The Balaban J connectivity index is 1.19. The third-order valence-electron chi connectivity index (χ3n) is 8.25. The summed E-state index contributed by atoms with van der Waals surface area (Å²) in [7, 11) is 0. The van der Waals surface area contributed by atoms with Crippen LogP contribution >= 0.6 is 0 Å². The van der Waals surface area contributed by atoms with Gasteiger partial charge in [0.15, 0.2) is 0 Å². The zero-order chi connectivity index (χ0) is 35.3. The Labute approximate surface area is 298 Å². The van der Waals surface area contributed by atoms with Crippen molar-refractivity contribution in [3.8, 4) is 23.0 Å². The van der Waals surface area contributed by atoms with E-state index in [1.807, 2.05) is 133 Å². The lowest BCUT2D eigenvalue weighted by molar-refractivity contribution is 0.173. The van der Waals surface area contributed by atoms with Crippen LogP contribution in [0.3, 0.4) is 0 Å². The van der Waals surface area contributed by atoms with Gasteiger partial charge in [-0.25, -0.2) is 9.98 Å². The molecule has 0 aromatic heterocycles. The molecule has 0 radical (unpaired) electrons. The van der Waals surface area contributed by atoms with Gasteiger partial charge in [0.2, 0.25) is 0 Å². The van der Waals surface area contributed by atoms with Gasteiger partial charge < -0.3 is 19.7 Å². The Hall–Kier alpha value is -6.58. The molecule has 0 atom stereocenters. The van der Waals surface area contributed by atoms with Crippen LogP contribution < -0.4 is 9.47 Å². The molecule has 6 nitrogen and oxygen atoms in total. The number of benzene rings is 6. The number of phenols is 2. The van der Waals surface area contributed by atoms with Crippen molar-refractivity contribution < 1.29 is 19.7 Å². The molecule has 0 saturated heterocycles. The Kier molecular flexibility index (Phi) is 11.6. The van der Waals surface area contributed by atoms with E-state index in [0.29, 0.717) is 47.0 Å². The average Bonchev–Trinajstić information content (AvgIpc) is 3.18. The molecule has 0 heterocycles. The third-order valence-corrected chi connectivity index (χ3v) is 8.25. The first-order valence-electron chi connectivity index (χ1n) is 16.9. The van der Waals surface area contributed by atoms with Crippen molar-refractivity contribution in [3.63, 3.8) is 0 Å². The summed E-state index contributed by atoms with van der Waals surface area (Å²) in [6.45, 7) is 2.88. The second kappa shape index (κ2) is 17.2. The second-order valence-electron chi connectivity index (χ2n) is 11.9. The van der Waals surface area contributed by atoms with E-state index in [1.54, 1.807) is 24.3 Å². The maximum Gasteiger partial charge on any atom is 0.124 e. The van der Waals surface area contributed by atoms with Crippen LogP contribution in [0.5, 0.6) is 23.0 Å². The van der Waals surface area contributed by atoms with Crippen molar-refractivity contribution in [2.45, 2.75) is 13.3 Å². The highest BCUT2D eigenvalue weighted by molar-refractivity contribution is 6.02. The van der Waals surface area contributed by atoms with Crippen LogP contribution in [-0.2, 0) is 0 Å². The zero-order valence-electron chi connectivity index (χ0n) is 28.3. The molecule has 0 fully saturated rings. The summed E-state index contributed by atoms with van der Waals surface area (Å²) in [4.78, 5) is 9.11. The van der Waals surface area contributed by atoms with Crippen LogP contribution in [0.2, 0.25) is 0 Å². The van der Waals surface area contributed by atoms with E-state index in [0.717, 1.165) is 28.9 Å². The van der Waals surface area contributed by atoms with E-state index in [4.69, 9.17) is 9.47 Å². The van der Waals surface area contributed by atoms with E-state index in [9.17, 15) is 10.2 Å². The fourth-order valence-corrected chi connectivity index (χ4v) is 5.34. The molecule has 252 valence electrons. The lowest BCUT2D eigenvalue weighted by Crippen LogP contribution is -2.19. The predicted octanol–water partition coefficient (Wildman–Crippen LogP) is 10.4. The fraction of sp³-hybridized carbons (Fsp3) is 0.111. The first kappa shape index (κ1) is 34.3. The molecule has 0 bridgehead atoms. The number of aliphatic imine (C=N–C) groups is 2. The van der Waals surface area contributed by atoms with Crippen molar-refractivity contribution in [3.05, 3.63) is 180 Å². The number of para-hydroxylation sites is 2. The van der Waals surface area contributed by atoms with E-state index in [2.05, 4.69) is 28.6 Å². The number of ether oxygens (including phenoxy) is 2. The maximum atomic E-state index is 10.9. The normalized spacial score (nSPS) is 11.0. The van der Waals surface area contributed by atoms with E-state index in [1.165, 1.54) is 0 Å². The van der Waals surface area contributed by atoms with Crippen LogP contribution in [0.25, 0.3) is 11.1 Å². The number of aromatic hydroxyl groups is 2. The number of nitrogens with zero attached hydrogens (tertiary/aromatic N) is 2. The van der Waals surface area contributed by atoms with Crippen molar-refractivity contribution in [2.24, 2.45) is 15.9 Å². The van der Waals surface area contributed by atoms with Crippen LogP contribution in [0.4, 0.5) is 11.4 Å². The summed E-state index contributed by atoms with van der Waals surface area (Å²) in [6, 6.07) is 49.1. The number of phenolic OH excluding ortho intramolecular Hbond substituents is 2. The second-order valence-corrected chi connectivity index (χ2v) is 11.9. The third kappa shape index (κ3) is 9.32. The van der Waals surface area contributed by atoms with Gasteiger partial charge in [-0.15, -0.1) is 0 Å². The van der Waals surface area contributed by atoms with Gasteiger partial charge in [-0.2, -0.15) is 0 Å². The van der Waals surface area contributed by atoms with Crippen molar-refractivity contribution in [2.75, 3.05) is 13.2 Å². The molecule has 0 aliphatic heterocycles. The summed E-state index contributed by atoms with van der Waals surface area (Å²) in [5, 5.41) is 21.9. The number of rotatable bonds is 13. The first-order valence-corrected chi connectivity index (χ1v) is 16.9. The smallest absolute Gasteiger partial charge is 0.124 e. The Morgan fingerprint density at radius 1 is 0.529 bits per heavy atom. The van der Waals surface area contributed by atoms with Crippen LogP contribution in [0, 0.1) is 5.92 Å². The molecule has 2 N–H and O–H groups in total. The van der Waals surface area contributed by atoms with Crippen LogP contribution in [0.1, 0.15) is 35.6 Å². The first-order chi connectivity index (χ1) is 25.1. The SMILES string of the molecule is CCC(COc1ccc(O)c(C(=C=Nc2ccccc2)c2ccccc2)c1)COc1ccc(O)c(C(=C=Nc2ccccc2)c2ccccc2)c1. The summed E-state index contributed by atoms with van der Waals surface area (Å²) in [5.74, 6) is 7.83. The van der Waals surface area contributed by atoms with Gasteiger partial charge in [0, 0.05) is 17.0 Å². The minimum atomic E-state index is 0.0621. The Morgan fingerprint density at radius 3 is 1.27 bits per heavy atom. The molecular weight excluding hydrogens is 633 g/mol. The topological polar surface area (TPSA) is 83.6 Å². The molecule has 0 aliphatic carbocycles. The number of hydrogen-bond donors (Lipinski definition) is 2. The fourth-order valence-electron chi connectivity index (χ4n) is 5.34. The minimum Gasteiger partial charge on any atom is -0.507 e. The highest BCUT2D eigenvalue weighted by Gasteiger charge is 2.16. The van der Waals surface area contributed by atoms with Gasteiger partial charge in [-0.1, -0.05) is 104 Å². The minimum absolute atomic E-state index is 0.0621. The molecule has 0 amide bonds. The van der Waals surface area contributed by atoms with Gasteiger partial charge in [-0.05, 0) is 90.0 Å². The Morgan fingerprint density at radius 2 is 0.902 bits per heavy atom. The van der Waals surface area contributed by atoms with Crippen LogP contribution in [-0.4, -0.2) is 35.2 Å². The Bertz CT molecular complexity index is 2010. The summed E-state index contributed by atoms with van der Waals surface area (Å²) < 4.78 is 12.6. The largest absolute Gasteiger partial charge is 0.507 e. The van der Waals surface area contributed by atoms with Crippen LogP contribution in [0.15, 0.2) is 168 Å². The molecule has 6 rings (SSSR count). The predicted molar refractivity (Wildman–Crippen MR) is 206 cm³/mol. The summed E-state index contributed by atoms with van der Waals surface area (Å²) >= 11 is 0.